The van der Waals surface area contributed by atoms with Crippen LogP contribution in [0, 0.1) is 0 Å². The first-order valence-corrected chi connectivity index (χ1v) is 14.8. The van der Waals surface area contributed by atoms with Crippen molar-refractivity contribution in [2.45, 2.75) is 0 Å². The molecule has 0 N–H and O–H groups in total. The molecule has 0 amide bonds. The number of anilines is 2. The summed E-state index contributed by atoms with van der Waals surface area (Å²) in [6.07, 6.45) is 0. The summed E-state index contributed by atoms with van der Waals surface area (Å²) < 4.78 is 6.68. The van der Waals surface area contributed by atoms with Gasteiger partial charge < -0.3 is 59.4 Å². The molecule has 0 atom stereocenters. The van der Waals surface area contributed by atoms with Crippen molar-refractivity contribution in [1.82, 2.24) is 19.1 Å². The van der Waals surface area contributed by atoms with E-state index in [9.17, 15) is 0 Å². The Hall–Kier alpha value is -2.10. The first kappa shape index (κ1) is 42.9. The molecule has 2 aromatic carbocycles. The van der Waals surface area contributed by atoms with Crippen molar-refractivity contribution in [3.8, 4) is 21.1 Å². The Labute approximate surface area is 311 Å². The molecule has 0 radical (unpaired) electrons. The van der Waals surface area contributed by atoms with Gasteiger partial charge in [-0.1, -0.05) is 0 Å². The molecule has 0 bridgehead atoms. The first-order valence-electron chi connectivity index (χ1n) is 13.1. The number of halogens is 4. The van der Waals surface area contributed by atoms with Gasteiger partial charge in [-0.3, -0.25) is 0 Å². The molecule has 2 heterocycles. The second kappa shape index (κ2) is 18.3. The maximum absolute atomic E-state index is 4.75. The average molecular weight is 776 g/mol. The largest absolute Gasteiger partial charge is 2.00 e. The fourth-order valence-corrected chi connectivity index (χ4v) is 6.38. The van der Waals surface area contributed by atoms with Gasteiger partial charge in [0.05, 0.1) is 41.6 Å². The van der Waals surface area contributed by atoms with E-state index >= 15 is 0 Å². The van der Waals surface area contributed by atoms with Gasteiger partial charge in [0.1, 0.15) is 28.2 Å². The minimum absolute atomic E-state index is 0. The fourth-order valence-electron chi connectivity index (χ4n) is 4.32. The maximum Gasteiger partial charge on any atom is 2.00 e. The van der Waals surface area contributed by atoms with Crippen LogP contribution in [0.5, 0.6) is 0 Å². The van der Waals surface area contributed by atoms with E-state index in [1.165, 1.54) is 41.2 Å². The number of rotatable bonds is 2. The van der Waals surface area contributed by atoms with Gasteiger partial charge in [0, 0.05) is 63.8 Å². The van der Waals surface area contributed by atoms with E-state index in [4.69, 9.17) is 9.97 Å². The molecule has 0 saturated carbocycles. The fraction of sp³-hybridized carbons (Fsp3) is 0.250. The summed E-state index contributed by atoms with van der Waals surface area (Å²) in [6.45, 7) is 0. The monoisotopic (exact) mass is 772 g/mol. The van der Waals surface area contributed by atoms with Gasteiger partial charge >= 0.3 is 19.5 Å². The molecule has 0 fully saturated rings. The second-order valence-electron chi connectivity index (χ2n) is 10.6. The maximum atomic E-state index is 4.75. The SMILES string of the molecule is CN(C)c1ccc2nc3ccc(=[N+](C)C)cc-3sc2c1.CN(C)c1ccc2nc3ccc(=[N+](C)C)cc-3sc2c1.[Cl-].[Cl-].[Cl-].[Cl-].[Zn+2]. The molecule has 6 nitrogen and oxygen atoms in total. The van der Waals surface area contributed by atoms with Gasteiger partial charge in [-0.2, -0.15) is 0 Å². The minimum atomic E-state index is 0. The van der Waals surface area contributed by atoms with E-state index < -0.39 is 0 Å². The third-order valence-electron chi connectivity index (χ3n) is 6.76. The van der Waals surface area contributed by atoms with E-state index in [0.29, 0.717) is 0 Å². The second-order valence-corrected chi connectivity index (χ2v) is 12.8. The van der Waals surface area contributed by atoms with E-state index in [-0.39, 0.29) is 69.1 Å². The summed E-state index contributed by atoms with van der Waals surface area (Å²) in [5.41, 5.74) is 6.66. The van der Waals surface area contributed by atoms with Crippen molar-refractivity contribution in [2.24, 2.45) is 0 Å². The number of hydrogen-bond donors (Lipinski definition) is 0. The Kier molecular flexibility index (Phi) is 17.4. The molecule has 236 valence electrons. The van der Waals surface area contributed by atoms with Crippen LogP contribution in [0.3, 0.4) is 0 Å². The number of hydrogen-bond acceptors (Lipinski definition) is 6. The molecule has 4 aliphatic rings. The Bertz CT molecular complexity index is 1790. The molecule has 45 heavy (non-hydrogen) atoms. The van der Waals surface area contributed by atoms with E-state index in [2.05, 4.69) is 148 Å². The molecule has 0 unspecified atom stereocenters. The van der Waals surface area contributed by atoms with Crippen LogP contribution in [0.4, 0.5) is 11.4 Å². The summed E-state index contributed by atoms with van der Waals surface area (Å²) in [5.74, 6) is 0. The number of aromatic nitrogens is 2. The predicted octanol–water partition coefficient (Wildman–Crippen LogP) is -6.99. The third kappa shape index (κ3) is 9.95. The van der Waals surface area contributed by atoms with Crippen molar-refractivity contribution < 1.29 is 69.1 Å². The Morgan fingerprint density at radius 3 is 1.18 bits per heavy atom. The molecular formula is C32H36Cl4N6S2Zn. The van der Waals surface area contributed by atoms with Crippen LogP contribution in [-0.2, 0) is 19.5 Å². The molecule has 2 aliphatic heterocycles. The third-order valence-corrected chi connectivity index (χ3v) is 8.95. The molecule has 6 rings (SSSR count). The molecular weight excluding hydrogens is 740 g/mol. The summed E-state index contributed by atoms with van der Waals surface area (Å²) in [5, 5.41) is 2.41. The van der Waals surface area contributed by atoms with Gasteiger partial charge in [-0.05, 0) is 48.5 Å². The Morgan fingerprint density at radius 1 is 0.511 bits per heavy atom. The molecule has 0 spiro atoms. The van der Waals surface area contributed by atoms with Crippen LogP contribution in [0.25, 0.3) is 41.6 Å². The molecule has 13 heteroatoms. The summed E-state index contributed by atoms with van der Waals surface area (Å²) in [4.78, 5) is 16.2. The van der Waals surface area contributed by atoms with Gasteiger partial charge in [0.2, 0.25) is 10.7 Å². The molecule has 2 aliphatic carbocycles. The van der Waals surface area contributed by atoms with Crippen LogP contribution in [0.15, 0.2) is 72.8 Å². The van der Waals surface area contributed by atoms with Crippen molar-refractivity contribution in [3.05, 3.63) is 83.5 Å². The standard InChI is InChI=1S/2C16H18N3S.4ClH.Zn/c2*1-18(2)11-5-7-13-15(9-11)20-16-10-12(19(3)4)6-8-14(16)17-13;;;;;/h2*5-10H,1-4H3;4*1H;/q2*+1;;;;;+2/p-4. The predicted molar refractivity (Wildman–Crippen MR) is 175 cm³/mol. The van der Waals surface area contributed by atoms with Crippen LogP contribution in [0.1, 0.15) is 0 Å². The zero-order valence-corrected chi connectivity index (χ0v) is 34.3. The first-order chi connectivity index (χ1) is 19.1. The van der Waals surface area contributed by atoms with Gasteiger partial charge in [0.25, 0.3) is 0 Å². The van der Waals surface area contributed by atoms with E-state index in [1.807, 2.05) is 0 Å². The number of fused-ring (bicyclic) bond motifs is 4. The zero-order valence-electron chi connectivity index (χ0n) is 26.6. The quantitative estimate of drug-likeness (QED) is 0.0998. The van der Waals surface area contributed by atoms with Crippen LogP contribution < -0.4 is 79.3 Å². The summed E-state index contributed by atoms with van der Waals surface area (Å²) in [7, 11) is 16.5. The van der Waals surface area contributed by atoms with Crippen LogP contribution in [0.2, 0.25) is 0 Å². The summed E-state index contributed by atoms with van der Waals surface area (Å²) >= 11 is 3.60. The van der Waals surface area contributed by atoms with Crippen molar-refractivity contribution >= 4 is 54.5 Å². The molecule has 0 saturated heterocycles. The van der Waals surface area contributed by atoms with Crippen LogP contribution >= 0.6 is 22.7 Å². The van der Waals surface area contributed by atoms with Crippen molar-refractivity contribution in [1.29, 1.82) is 0 Å². The minimum Gasteiger partial charge on any atom is -1.00 e. The summed E-state index contributed by atoms with van der Waals surface area (Å²) in [6, 6.07) is 25.7. The topological polar surface area (TPSA) is 38.3 Å². The van der Waals surface area contributed by atoms with Crippen molar-refractivity contribution in [2.75, 3.05) is 66.2 Å². The van der Waals surface area contributed by atoms with Gasteiger partial charge in [0.15, 0.2) is 0 Å². The smallest absolute Gasteiger partial charge is 1.00 e. The Morgan fingerprint density at radius 2 is 0.867 bits per heavy atom. The average Bonchev–Trinajstić information content (AvgIpc) is 2.93. The normalized spacial score (nSPS) is 9.78. The number of nitrogens with zero attached hydrogens (tertiary/aromatic N) is 6. The van der Waals surface area contributed by atoms with Crippen LogP contribution in [-0.4, -0.2) is 66.3 Å². The molecule has 2 aromatic rings. The zero-order chi connectivity index (χ0) is 28.6. The number of benzene rings is 4. The van der Waals surface area contributed by atoms with E-state index in [0.717, 1.165) is 22.4 Å². The van der Waals surface area contributed by atoms with E-state index in [1.54, 1.807) is 22.7 Å². The molecule has 0 aromatic heterocycles. The van der Waals surface area contributed by atoms with Gasteiger partial charge in [-0.25, -0.2) is 19.1 Å². The van der Waals surface area contributed by atoms with Crippen molar-refractivity contribution in [3.63, 3.8) is 0 Å². The Balaban J connectivity index is 0.000000774. The van der Waals surface area contributed by atoms with Gasteiger partial charge in [-0.15, -0.1) is 22.7 Å².